The Morgan fingerprint density at radius 2 is 1.88 bits per heavy atom. The number of likely N-dealkylation sites (tertiary alicyclic amines) is 1. The standard InChI is InChI=1S/C19H25N5O/c25-19(23-10-7-16-3-1-2-4-18(16)13-23)17-5-8-22(9-6-17)11-12-24-15-20-14-21-24/h1-4,14-15,17H,5-13H2. The summed E-state index contributed by atoms with van der Waals surface area (Å²) < 4.78 is 1.86. The van der Waals surface area contributed by atoms with Crippen LogP contribution in [0.5, 0.6) is 0 Å². The maximum absolute atomic E-state index is 12.9. The first kappa shape index (κ1) is 16.3. The second kappa shape index (κ2) is 7.35. The molecule has 6 heteroatoms. The molecule has 1 aromatic heterocycles. The number of benzene rings is 1. The first-order valence-corrected chi connectivity index (χ1v) is 9.20. The smallest absolute Gasteiger partial charge is 0.226 e. The topological polar surface area (TPSA) is 54.3 Å². The fourth-order valence-electron chi connectivity index (χ4n) is 3.94. The van der Waals surface area contributed by atoms with Crippen LogP contribution in [0.4, 0.5) is 0 Å². The Labute approximate surface area is 148 Å². The predicted octanol–water partition coefficient (Wildman–Crippen LogP) is 1.57. The number of fused-ring (bicyclic) bond motifs is 1. The molecule has 2 aliphatic heterocycles. The summed E-state index contributed by atoms with van der Waals surface area (Å²) in [5.41, 5.74) is 2.71. The summed E-state index contributed by atoms with van der Waals surface area (Å²) in [6.45, 7) is 5.47. The fraction of sp³-hybridized carbons (Fsp3) is 0.526. The van der Waals surface area contributed by atoms with Gasteiger partial charge >= 0.3 is 0 Å². The average Bonchev–Trinajstić information content (AvgIpc) is 3.19. The lowest BCUT2D eigenvalue weighted by Gasteiger charge is -2.36. The van der Waals surface area contributed by atoms with Crippen LogP contribution < -0.4 is 0 Å². The van der Waals surface area contributed by atoms with Crippen LogP contribution in [0.2, 0.25) is 0 Å². The monoisotopic (exact) mass is 339 g/mol. The van der Waals surface area contributed by atoms with Gasteiger partial charge in [-0.1, -0.05) is 24.3 Å². The maximum Gasteiger partial charge on any atom is 0.226 e. The van der Waals surface area contributed by atoms with Gasteiger partial charge in [-0.05, 0) is 43.5 Å². The van der Waals surface area contributed by atoms with E-state index in [0.717, 1.165) is 58.5 Å². The molecule has 0 atom stereocenters. The van der Waals surface area contributed by atoms with Gasteiger partial charge in [0.25, 0.3) is 0 Å². The van der Waals surface area contributed by atoms with Crippen LogP contribution in [0.3, 0.4) is 0 Å². The van der Waals surface area contributed by atoms with Crippen molar-refractivity contribution in [1.29, 1.82) is 0 Å². The molecule has 2 aliphatic rings. The molecule has 1 amide bonds. The van der Waals surface area contributed by atoms with E-state index >= 15 is 0 Å². The second-order valence-corrected chi connectivity index (χ2v) is 7.05. The van der Waals surface area contributed by atoms with Crippen molar-refractivity contribution in [2.75, 3.05) is 26.2 Å². The molecule has 0 unspecified atom stereocenters. The van der Waals surface area contributed by atoms with E-state index in [0.29, 0.717) is 5.91 Å². The molecule has 0 spiro atoms. The number of aromatic nitrogens is 3. The first-order chi connectivity index (χ1) is 12.3. The van der Waals surface area contributed by atoms with E-state index in [1.165, 1.54) is 11.1 Å². The van der Waals surface area contributed by atoms with Gasteiger partial charge in [-0.25, -0.2) is 4.98 Å². The van der Waals surface area contributed by atoms with Crippen molar-refractivity contribution in [2.24, 2.45) is 5.92 Å². The first-order valence-electron chi connectivity index (χ1n) is 9.20. The number of hydrogen-bond acceptors (Lipinski definition) is 4. The molecular formula is C19H25N5O. The number of piperidine rings is 1. The lowest BCUT2D eigenvalue weighted by molar-refractivity contribution is -0.138. The third kappa shape index (κ3) is 3.74. The van der Waals surface area contributed by atoms with Gasteiger partial charge in [0, 0.05) is 25.6 Å². The minimum absolute atomic E-state index is 0.188. The molecule has 25 heavy (non-hydrogen) atoms. The van der Waals surface area contributed by atoms with Gasteiger partial charge in [-0.2, -0.15) is 5.10 Å². The molecule has 0 bridgehead atoms. The minimum atomic E-state index is 0.188. The highest BCUT2D eigenvalue weighted by Crippen LogP contribution is 2.24. The largest absolute Gasteiger partial charge is 0.338 e. The number of carbonyl (C=O) groups is 1. The molecule has 0 N–H and O–H groups in total. The lowest BCUT2D eigenvalue weighted by atomic mass is 9.93. The number of carbonyl (C=O) groups excluding carboxylic acids is 1. The van der Waals surface area contributed by atoms with Gasteiger partial charge in [0.05, 0.1) is 6.54 Å². The maximum atomic E-state index is 12.9. The molecule has 0 radical (unpaired) electrons. The molecule has 1 aromatic carbocycles. The summed E-state index contributed by atoms with van der Waals surface area (Å²) in [6, 6.07) is 8.50. The number of amides is 1. The normalized spacial score (nSPS) is 19.0. The highest BCUT2D eigenvalue weighted by atomic mass is 16.2. The van der Waals surface area contributed by atoms with E-state index in [4.69, 9.17) is 0 Å². The van der Waals surface area contributed by atoms with Crippen molar-refractivity contribution in [1.82, 2.24) is 24.6 Å². The van der Waals surface area contributed by atoms with E-state index in [2.05, 4.69) is 44.1 Å². The molecule has 4 rings (SSSR count). The number of nitrogens with zero attached hydrogens (tertiary/aromatic N) is 5. The Hall–Kier alpha value is -2.21. The highest BCUT2D eigenvalue weighted by molar-refractivity contribution is 5.79. The summed E-state index contributed by atoms with van der Waals surface area (Å²) >= 11 is 0. The minimum Gasteiger partial charge on any atom is -0.338 e. The third-order valence-corrected chi connectivity index (χ3v) is 5.49. The van der Waals surface area contributed by atoms with Gasteiger partial charge in [0.2, 0.25) is 5.91 Å². The predicted molar refractivity (Wildman–Crippen MR) is 94.7 cm³/mol. The molecule has 0 aliphatic carbocycles. The molecule has 1 saturated heterocycles. The van der Waals surface area contributed by atoms with Crippen LogP contribution in [-0.2, 0) is 24.3 Å². The van der Waals surface area contributed by atoms with Gasteiger partial charge in [0.15, 0.2) is 0 Å². The summed E-state index contributed by atoms with van der Waals surface area (Å²) in [7, 11) is 0. The Morgan fingerprint density at radius 1 is 1.08 bits per heavy atom. The summed E-state index contributed by atoms with van der Waals surface area (Å²) in [5, 5.41) is 4.14. The van der Waals surface area contributed by atoms with E-state index in [-0.39, 0.29) is 5.92 Å². The van der Waals surface area contributed by atoms with Gasteiger partial charge < -0.3 is 9.80 Å². The fourth-order valence-corrected chi connectivity index (χ4v) is 3.94. The van der Waals surface area contributed by atoms with Crippen molar-refractivity contribution in [2.45, 2.75) is 32.4 Å². The molecule has 132 valence electrons. The molecular weight excluding hydrogens is 314 g/mol. The Kier molecular flexibility index (Phi) is 4.78. The molecule has 6 nitrogen and oxygen atoms in total. The Bertz CT molecular complexity index is 706. The summed E-state index contributed by atoms with van der Waals surface area (Å²) in [6.07, 6.45) is 6.24. The van der Waals surface area contributed by atoms with Crippen LogP contribution in [0, 0.1) is 5.92 Å². The van der Waals surface area contributed by atoms with Gasteiger partial charge in [-0.15, -0.1) is 0 Å². The van der Waals surface area contributed by atoms with Crippen molar-refractivity contribution >= 4 is 5.91 Å². The van der Waals surface area contributed by atoms with Crippen molar-refractivity contribution in [3.05, 3.63) is 48.0 Å². The van der Waals surface area contributed by atoms with Gasteiger partial charge in [-0.3, -0.25) is 9.48 Å². The highest BCUT2D eigenvalue weighted by Gasteiger charge is 2.30. The zero-order valence-corrected chi connectivity index (χ0v) is 14.5. The average molecular weight is 339 g/mol. The van der Waals surface area contributed by atoms with E-state index in [1.54, 1.807) is 12.7 Å². The third-order valence-electron chi connectivity index (χ3n) is 5.49. The zero-order valence-electron chi connectivity index (χ0n) is 14.5. The second-order valence-electron chi connectivity index (χ2n) is 7.05. The SMILES string of the molecule is O=C(C1CCN(CCn2cncn2)CC1)N1CCc2ccccc2C1. The lowest BCUT2D eigenvalue weighted by Crippen LogP contribution is -2.44. The van der Waals surface area contributed by atoms with Crippen molar-refractivity contribution in [3.8, 4) is 0 Å². The van der Waals surface area contributed by atoms with Crippen molar-refractivity contribution in [3.63, 3.8) is 0 Å². The van der Waals surface area contributed by atoms with Crippen LogP contribution in [-0.4, -0.2) is 56.7 Å². The van der Waals surface area contributed by atoms with Crippen LogP contribution in [0.25, 0.3) is 0 Å². The molecule has 2 aromatic rings. The summed E-state index contributed by atoms with van der Waals surface area (Å²) in [4.78, 5) is 21.4. The summed E-state index contributed by atoms with van der Waals surface area (Å²) in [5.74, 6) is 0.540. The number of hydrogen-bond donors (Lipinski definition) is 0. The zero-order chi connectivity index (χ0) is 17.1. The molecule has 0 saturated carbocycles. The molecule has 1 fully saturated rings. The van der Waals surface area contributed by atoms with Crippen LogP contribution in [0.15, 0.2) is 36.9 Å². The quantitative estimate of drug-likeness (QED) is 0.849. The van der Waals surface area contributed by atoms with Crippen LogP contribution >= 0.6 is 0 Å². The Balaban J connectivity index is 1.27. The van der Waals surface area contributed by atoms with Crippen LogP contribution in [0.1, 0.15) is 24.0 Å². The Morgan fingerprint density at radius 3 is 2.64 bits per heavy atom. The van der Waals surface area contributed by atoms with E-state index < -0.39 is 0 Å². The number of rotatable bonds is 4. The van der Waals surface area contributed by atoms with E-state index in [9.17, 15) is 4.79 Å². The van der Waals surface area contributed by atoms with Gasteiger partial charge in [0.1, 0.15) is 12.7 Å². The van der Waals surface area contributed by atoms with Crippen molar-refractivity contribution < 1.29 is 4.79 Å². The molecule has 3 heterocycles. The van der Waals surface area contributed by atoms with E-state index in [1.807, 2.05) is 4.68 Å².